The maximum atomic E-state index is 12.2. The zero-order chi connectivity index (χ0) is 17.9. The molecule has 0 saturated heterocycles. The van der Waals surface area contributed by atoms with Crippen LogP contribution in [0.1, 0.15) is 53.6 Å². The number of aryl methyl sites for hydroxylation is 2. The van der Waals surface area contributed by atoms with E-state index in [1.165, 1.54) is 0 Å². The van der Waals surface area contributed by atoms with Crippen LogP contribution in [0.25, 0.3) is 5.65 Å². The summed E-state index contributed by atoms with van der Waals surface area (Å²) in [5, 5.41) is 0. The highest BCUT2D eigenvalue weighted by Gasteiger charge is 2.17. The van der Waals surface area contributed by atoms with Crippen LogP contribution in [0.2, 0.25) is 0 Å². The number of fused-ring (bicyclic) bond motifs is 1. The number of hydrogen-bond donors (Lipinski definition) is 1. The average Bonchev–Trinajstić information content (AvgIpc) is 2.96. The quantitative estimate of drug-likeness (QED) is 0.834. The fourth-order valence-corrected chi connectivity index (χ4v) is 2.81. The van der Waals surface area contributed by atoms with Crippen LogP contribution >= 0.6 is 0 Å². The molecule has 0 unspecified atom stereocenters. The molecule has 0 aliphatic rings. The van der Waals surface area contributed by atoms with Gasteiger partial charge in [-0.2, -0.15) is 0 Å². The highest BCUT2D eigenvalue weighted by Crippen LogP contribution is 2.18. The predicted molar refractivity (Wildman–Crippen MR) is 91.8 cm³/mol. The first kappa shape index (κ1) is 17.9. The number of amides is 2. The van der Waals surface area contributed by atoms with Crippen molar-refractivity contribution in [3.05, 3.63) is 29.0 Å². The molecular weight excluding hydrogens is 306 g/mol. The molecular formula is C17H25N5O2. The summed E-state index contributed by atoms with van der Waals surface area (Å²) in [5.74, 6) is -0.463. The standard InChI is InChI=1S/C17H25N5O2/c1-5-6-9-21(4)14(23)8-7-13-11(2)20-17-15(16(18)24)19-10-22(17)12(13)3/h10H,5-9H2,1-4H3,(H2,18,24). The molecule has 7 nitrogen and oxygen atoms in total. The first-order chi connectivity index (χ1) is 11.4. The summed E-state index contributed by atoms with van der Waals surface area (Å²) in [4.78, 5) is 33.9. The number of nitrogens with two attached hydrogens (primary N) is 1. The maximum absolute atomic E-state index is 12.2. The van der Waals surface area contributed by atoms with Crippen LogP contribution in [0.5, 0.6) is 0 Å². The second-order valence-corrected chi connectivity index (χ2v) is 6.08. The monoisotopic (exact) mass is 331 g/mol. The zero-order valence-corrected chi connectivity index (χ0v) is 14.8. The molecule has 130 valence electrons. The topological polar surface area (TPSA) is 93.6 Å². The summed E-state index contributed by atoms with van der Waals surface area (Å²) in [6.07, 6.45) is 4.68. The largest absolute Gasteiger partial charge is 0.364 e. The van der Waals surface area contributed by atoms with Gasteiger partial charge >= 0.3 is 0 Å². The van der Waals surface area contributed by atoms with E-state index < -0.39 is 5.91 Å². The molecule has 0 radical (unpaired) electrons. The molecule has 24 heavy (non-hydrogen) atoms. The molecule has 7 heteroatoms. The first-order valence-electron chi connectivity index (χ1n) is 8.23. The molecule has 2 amide bonds. The Morgan fingerprint density at radius 1 is 1.33 bits per heavy atom. The number of carbonyl (C=O) groups excluding carboxylic acids is 2. The molecule has 0 spiro atoms. The maximum Gasteiger partial charge on any atom is 0.271 e. The average molecular weight is 331 g/mol. The second-order valence-electron chi connectivity index (χ2n) is 6.08. The lowest BCUT2D eigenvalue weighted by Crippen LogP contribution is -2.28. The highest BCUT2D eigenvalue weighted by atomic mass is 16.2. The van der Waals surface area contributed by atoms with Crippen molar-refractivity contribution in [3.63, 3.8) is 0 Å². The lowest BCUT2D eigenvalue weighted by Gasteiger charge is -2.17. The second kappa shape index (κ2) is 7.42. The number of carbonyl (C=O) groups is 2. The van der Waals surface area contributed by atoms with Crippen LogP contribution in [0.3, 0.4) is 0 Å². The molecule has 0 aliphatic heterocycles. The third-order valence-corrected chi connectivity index (χ3v) is 4.35. The Bertz CT molecular complexity index is 766. The number of imidazole rings is 1. The molecule has 2 heterocycles. The Morgan fingerprint density at radius 2 is 2.04 bits per heavy atom. The van der Waals surface area contributed by atoms with Gasteiger partial charge < -0.3 is 10.6 Å². The third-order valence-electron chi connectivity index (χ3n) is 4.35. The van der Waals surface area contributed by atoms with E-state index in [0.29, 0.717) is 18.5 Å². The third kappa shape index (κ3) is 3.55. The van der Waals surface area contributed by atoms with Gasteiger partial charge in [-0.1, -0.05) is 13.3 Å². The van der Waals surface area contributed by atoms with Crippen molar-refractivity contribution in [2.75, 3.05) is 13.6 Å². The van der Waals surface area contributed by atoms with Gasteiger partial charge in [0.1, 0.15) is 6.33 Å². The summed E-state index contributed by atoms with van der Waals surface area (Å²) >= 11 is 0. The summed E-state index contributed by atoms with van der Waals surface area (Å²) in [5.41, 5.74) is 8.70. The first-order valence-corrected chi connectivity index (χ1v) is 8.23. The summed E-state index contributed by atoms with van der Waals surface area (Å²) < 4.78 is 1.76. The van der Waals surface area contributed by atoms with Crippen LogP contribution in [0.15, 0.2) is 6.33 Å². The number of primary amides is 1. The Balaban J connectivity index is 2.21. The molecule has 2 N–H and O–H groups in total. The van der Waals surface area contributed by atoms with Crippen molar-refractivity contribution >= 4 is 17.5 Å². The normalized spacial score (nSPS) is 11.0. The molecule has 0 aliphatic carbocycles. The molecule has 0 atom stereocenters. The van der Waals surface area contributed by atoms with E-state index in [1.54, 1.807) is 15.6 Å². The van der Waals surface area contributed by atoms with Gasteiger partial charge in [0.2, 0.25) is 5.91 Å². The Labute approximate surface area is 141 Å². The molecule has 2 aromatic rings. The van der Waals surface area contributed by atoms with E-state index in [-0.39, 0.29) is 11.6 Å². The number of unbranched alkanes of at least 4 members (excludes halogenated alkanes) is 1. The molecule has 0 aromatic carbocycles. The van der Waals surface area contributed by atoms with Gasteiger partial charge in [-0.15, -0.1) is 0 Å². The summed E-state index contributed by atoms with van der Waals surface area (Å²) in [7, 11) is 1.84. The van der Waals surface area contributed by atoms with Gasteiger partial charge in [-0.3, -0.25) is 14.0 Å². The predicted octanol–water partition coefficient (Wildman–Crippen LogP) is 1.64. The van der Waals surface area contributed by atoms with Gasteiger partial charge in [0.15, 0.2) is 11.3 Å². The van der Waals surface area contributed by atoms with E-state index in [2.05, 4.69) is 16.9 Å². The molecule has 0 saturated carbocycles. The van der Waals surface area contributed by atoms with Crippen LogP contribution in [0, 0.1) is 13.8 Å². The van der Waals surface area contributed by atoms with Crippen LogP contribution in [-0.4, -0.2) is 44.7 Å². The highest BCUT2D eigenvalue weighted by molar-refractivity contribution is 5.96. The smallest absolute Gasteiger partial charge is 0.271 e. The number of rotatable bonds is 7. The number of nitrogens with zero attached hydrogens (tertiary/aromatic N) is 4. The van der Waals surface area contributed by atoms with Crippen LogP contribution < -0.4 is 5.73 Å². The Morgan fingerprint density at radius 3 is 2.67 bits per heavy atom. The molecule has 2 aromatic heterocycles. The Kier molecular flexibility index (Phi) is 5.54. The van der Waals surface area contributed by atoms with Crippen molar-refractivity contribution in [3.8, 4) is 0 Å². The van der Waals surface area contributed by atoms with Gasteiger partial charge in [-0.05, 0) is 32.3 Å². The van der Waals surface area contributed by atoms with Crippen molar-refractivity contribution < 1.29 is 9.59 Å². The molecule has 0 bridgehead atoms. The van der Waals surface area contributed by atoms with E-state index in [0.717, 1.165) is 36.3 Å². The van der Waals surface area contributed by atoms with Crippen molar-refractivity contribution in [2.24, 2.45) is 5.73 Å². The Hall–Kier alpha value is -2.44. The summed E-state index contributed by atoms with van der Waals surface area (Å²) in [6, 6.07) is 0. The van der Waals surface area contributed by atoms with Gasteiger partial charge in [0, 0.05) is 31.4 Å². The lowest BCUT2D eigenvalue weighted by molar-refractivity contribution is -0.129. The van der Waals surface area contributed by atoms with E-state index in [1.807, 2.05) is 20.9 Å². The fraction of sp³-hybridized carbons (Fsp3) is 0.529. The van der Waals surface area contributed by atoms with Gasteiger partial charge in [-0.25, -0.2) is 9.97 Å². The van der Waals surface area contributed by atoms with Crippen LogP contribution in [-0.2, 0) is 11.2 Å². The van der Waals surface area contributed by atoms with E-state index in [4.69, 9.17) is 5.73 Å². The van der Waals surface area contributed by atoms with Crippen molar-refractivity contribution in [1.29, 1.82) is 0 Å². The van der Waals surface area contributed by atoms with Crippen molar-refractivity contribution in [2.45, 2.75) is 46.5 Å². The minimum atomic E-state index is -0.593. The lowest BCUT2D eigenvalue weighted by atomic mass is 10.1. The van der Waals surface area contributed by atoms with Crippen molar-refractivity contribution in [1.82, 2.24) is 19.3 Å². The van der Waals surface area contributed by atoms with Gasteiger partial charge in [0.25, 0.3) is 5.91 Å². The number of aromatic nitrogens is 3. The zero-order valence-electron chi connectivity index (χ0n) is 14.8. The number of hydrogen-bond acceptors (Lipinski definition) is 4. The van der Waals surface area contributed by atoms with E-state index >= 15 is 0 Å². The van der Waals surface area contributed by atoms with Gasteiger partial charge in [0.05, 0.1) is 0 Å². The minimum absolute atomic E-state index is 0.130. The van der Waals surface area contributed by atoms with E-state index in [9.17, 15) is 9.59 Å². The summed E-state index contributed by atoms with van der Waals surface area (Å²) in [6.45, 7) is 6.71. The SMILES string of the molecule is CCCCN(C)C(=O)CCc1c(C)nc2c(C(N)=O)ncn2c1C. The molecule has 2 rings (SSSR count). The van der Waals surface area contributed by atoms with Crippen LogP contribution in [0.4, 0.5) is 0 Å². The fourth-order valence-electron chi connectivity index (χ4n) is 2.81. The minimum Gasteiger partial charge on any atom is -0.364 e. The molecule has 0 fully saturated rings.